The van der Waals surface area contributed by atoms with Gasteiger partial charge in [0, 0.05) is 6.42 Å². The van der Waals surface area contributed by atoms with E-state index in [0.717, 1.165) is 5.56 Å². The average Bonchev–Trinajstić information content (AvgIpc) is 2.18. The van der Waals surface area contributed by atoms with Gasteiger partial charge >= 0.3 is 0 Å². The maximum Gasteiger partial charge on any atom is 0.161 e. The lowest BCUT2D eigenvalue weighted by molar-refractivity contribution is -0.116. The van der Waals surface area contributed by atoms with Crippen LogP contribution in [0, 0.1) is 0 Å². The monoisotopic (exact) mass is 222 g/mol. The fourth-order valence-corrected chi connectivity index (χ4v) is 1.46. The van der Waals surface area contributed by atoms with E-state index in [1.54, 1.807) is 14.0 Å². The van der Waals surface area contributed by atoms with E-state index in [9.17, 15) is 4.79 Å². The van der Waals surface area contributed by atoms with Crippen molar-refractivity contribution in [3.8, 4) is 11.5 Å². The molecule has 0 atom stereocenters. The molecule has 16 heavy (non-hydrogen) atoms. The summed E-state index contributed by atoms with van der Waals surface area (Å²) in [6.07, 6.45) is 0.533. The third-order valence-electron chi connectivity index (χ3n) is 2.04. The molecule has 3 nitrogen and oxygen atoms in total. The summed E-state index contributed by atoms with van der Waals surface area (Å²) in [7, 11) is 1.60. The standard InChI is InChI=1S/C13H18O3/c1-9(2)16-12-6-5-11(7-10(3)14)8-13(12)15-4/h5-6,8-9H,7H2,1-4H3. The molecule has 0 bridgehead atoms. The van der Waals surface area contributed by atoms with Gasteiger partial charge in [-0.2, -0.15) is 0 Å². The summed E-state index contributed by atoms with van der Waals surface area (Å²) in [4.78, 5) is 11.0. The first kappa shape index (κ1) is 12.6. The minimum atomic E-state index is 0.104. The molecule has 0 aliphatic heterocycles. The predicted molar refractivity (Wildman–Crippen MR) is 63.1 cm³/mol. The van der Waals surface area contributed by atoms with E-state index in [4.69, 9.17) is 9.47 Å². The van der Waals surface area contributed by atoms with Gasteiger partial charge in [0.1, 0.15) is 5.78 Å². The first-order valence-electron chi connectivity index (χ1n) is 5.36. The predicted octanol–water partition coefficient (Wildman–Crippen LogP) is 2.61. The average molecular weight is 222 g/mol. The molecular formula is C13H18O3. The smallest absolute Gasteiger partial charge is 0.161 e. The maximum atomic E-state index is 11.0. The molecule has 1 aromatic rings. The van der Waals surface area contributed by atoms with Crippen molar-refractivity contribution in [3.63, 3.8) is 0 Å². The van der Waals surface area contributed by atoms with Crippen LogP contribution in [0.3, 0.4) is 0 Å². The molecule has 0 N–H and O–H groups in total. The minimum absolute atomic E-state index is 0.104. The van der Waals surface area contributed by atoms with Crippen LogP contribution in [-0.4, -0.2) is 19.0 Å². The summed E-state index contributed by atoms with van der Waals surface area (Å²) < 4.78 is 10.8. The van der Waals surface area contributed by atoms with Gasteiger partial charge in [-0.15, -0.1) is 0 Å². The van der Waals surface area contributed by atoms with E-state index in [1.165, 1.54) is 0 Å². The number of methoxy groups -OCH3 is 1. The number of ketones is 1. The van der Waals surface area contributed by atoms with E-state index in [-0.39, 0.29) is 11.9 Å². The summed E-state index contributed by atoms with van der Waals surface area (Å²) in [5, 5.41) is 0. The molecule has 0 amide bonds. The van der Waals surface area contributed by atoms with Gasteiger partial charge in [-0.05, 0) is 38.5 Å². The molecule has 0 saturated heterocycles. The highest BCUT2D eigenvalue weighted by molar-refractivity contribution is 5.78. The number of carbonyl (C=O) groups excluding carboxylic acids is 1. The van der Waals surface area contributed by atoms with Crippen molar-refractivity contribution in [1.82, 2.24) is 0 Å². The third-order valence-corrected chi connectivity index (χ3v) is 2.04. The van der Waals surface area contributed by atoms with Crippen LogP contribution in [-0.2, 0) is 11.2 Å². The Morgan fingerprint density at radius 1 is 1.31 bits per heavy atom. The lowest BCUT2D eigenvalue weighted by Gasteiger charge is -2.14. The van der Waals surface area contributed by atoms with Crippen molar-refractivity contribution < 1.29 is 14.3 Å². The van der Waals surface area contributed by atoms with Crippen LogP contribution >= 0.6 is 0 Å². The van der Waals surface area contributed by atoms with E-state index in [1.807, 2.05) is 32.0 Å². The van der Waals surface area contributed by atoms with Gasteiger partial charge in [-0.25, -0.2) is 0 Å². The molecule has 0 fully saturated rings. The molecular weight excluding hydrogens is 204 g/mol. The van der Waals surface area contributed by atoms with Crippen molar-refractivity contribution in [1.29, 1.82) is 0 Å². The Hall–Kier alpha value is -1.51. The number of hydrogen-bond donors (Lipinski definition) is 0. The molecule has 0 radical (unpaired) electrons. The van der Waals surface area contributed by atoms with E-state index >= 15 is 0 Å². The van der Waals surface area contributed by atoms with Crippen LogP contribution < -0.4 is 9.47 Å². The van der Waals surface area contributed by atoms with Crippen LogP contribution in [0.2, 0.25) is 0 Å². The van der Waals surface area contributed by atoms with E-state index in [0.29, 0.717) is 17.9 Å². The van der Waals surface area contributed by atoms with Crippen LogP contribution in [0.1, 0.15) is 26.3 Å². The number of ether oxygens (including phenoxy) is 2. The SMILES string of the molecule is COc1cc(CC(C)=O)ccc1OC(C)C. The zero-order valence-electron chi connectivity index (χ0n) is 10.2. The fourth-order valence-electron chi connectivity index (χ4n) is 1.46. The maximum absolute atomic E-state index is 11.0. The number of carbonyl (C=O) groups is 1. The zero-order chi connectivity index (χ0) is 12.1. The summed E-state index contributed by atoms with van der Waals surface area (Å²) in [5.74, 6) is 1.52. The Morgan fingerprint density at radius 2 is 2.00 bits per heavy atom. The highest BCUT2D eigenvalue weighted by atomic mass is 16.5. The molecule has 0 aliphatic rings. The van der Waals surface area contributed by atoms with Gasteiger partial charge in [0.25, 0.3) is 0 Å². The lowest BCUT2D eigenvalue weighted by atomic mass is 10.1. The Morgan fingerprint density at radius 3 is 2.50 bits per heavy atom. The zero-order valence-corrected chi connectivity index (χ0v) is 10.2. The minimum Gasteiger partial charge on any atom is -0.493 e. The number of benzene rings is 1. The molecule has 0 aliphatic carbocycles. The molecule has 0 aromatic heterocycles. The fraction of sp³-hybridized carbons (Fsp3) is 0.462. The number of Topliss-reactive ketones (excluding diaryl/α,β-unsaturated/α-hetero) is 1. The van der Waals surface area contributed by atoms with Crippen molar-refractivity contribution >= 4 is 5.78 Å². The molecule has 0 unspecified atom stereocenters. The van der Waals surface area contributed by atoms with Gasteiger partial charge < -0.3 is 9.47 Å². The molecule has 1 aromatic carbocycles. The molecule has 3 heteroatoms. The van der Waals surface area contributed by atoms with Crippen molar-refractivity contribution in [2.45, 2.75) is 33.3 Å². The van der Waals surface area contributed by atoms with Crippen LogP contribution in [0.15, 0.2) is 18.2 Å². The molecule has 88 valence electrons. The van der Waals surface area contributed by atoms with Gasteiger partial charge in [0.15, 0.2) is 11.5 Å². The van der Waals surface area contributed by atoms with Crippen LogP contribution in [0.4, 0.5) is 0 Å². The summed E-state index contributed by atoms with van der Waals surface area (Å²) in [6, 6.07) is 5.58. The van der Waals surface area contributed by atoms with Gasteiger partial charge in [-0.1, -0.05) is 6.07 Å². The molecule has 0 saturated carbocycles. The molecule has 1 rings (SSSR count). The first-order valence-corrected chi connectivity index (χ1v) is 5.36. The van der Waals surface area contributed by atoms with Crippen LogP contribution in [0.25, 0.3) is 0 Å². The number of hydrogen-bond acceptors (Lipinski definition) is 3. The summed E-state index contributed by atoms with van der Waals surface area (Å²) in [5.41, 5.74) is 0.945. The second-order valence-corrected chi connectivity index (χ2v) is 4.03. The van der Waals surface area contributed by atoms with E-state index in [2.05, 4.69) is 0 Å². The molecule has 0 spiro atoms. The topological polar surface area (TPSA) is 35.5 Å². The Kier molecular flexibility index (Phi) is 4.35. The largest absolute Gasteiger partial charge is 0.493 e. The van der Waals surface area contributed by atoms with Crippen molar-refractivity contribution in [2.75, 3.05) is 7.11 Å². The summed E-state index contributed by atoms with van der Waals surface area (Å²) >= 11 is 0. The first-order chi connectivity index (χ1) is 7.52. The Bertz CT molecular complexity index is 369. The van der Waals surface area contributed by atoms with Gasteiger partial charge in [0.05, 0.1) is 13.2 Å². The summed E-state index contributed by atoms with van der Waals surface area (Å²) in [6.45, 7) is 5.50. The van der Waals surface area contributed by atoms with Gasteiger partial charge in [-0.3, -0.25) is 4.79 Å². The second kappa shape index (κ2) is 5.54. The highest BCUT2D eigenvalue weighted by Gasteiger charge is 2.08. The lowest BCUT2D eigenvalue weighted by Crippen LogP contribution is -2.07. The second-order valence-electron chi connectivity index (χ2n) is 4.03. The Labute approximate surface area is 96.4 Å². The Balaban J connectivity index is 2.92. The number of rotatable bonds is 5. The quantitative estimate of drug-likeness (QED) is 0.768. The van der Waals surface area contributed by atoms with Crippen molar-refractivity contribution in [2.24, 2.45) is 0 Å². The van der Waals surface area contributed by atoms with Crippen molar-refractivity contribution in [3.05, 3.63) is 23.8 Å². The normalized spacial score (nSPS) is 10.3. The van der Waals surface area contributed by atoms with E-state index < -0.39 is 0 Å². The third kappa shape index (κ3) is 3.57. The van der Waals surface area contributed by atoms with Crippen LogP contribution in [0.5, 0.6) is 11.5 Å². The molecule has 0 heterocycles. The highest BCUT2D eigenvalue weighted by Crippen LogP contribution is 2.29. The van der Waals surface area contributed by atoms with Gasteiger partial charge in [0.2, 0.25) is 0 Å².